The van der Waals surface area contributed by atoms with E-state index in [4.69, 9.17) is 4.74 Å². The van der Waals surface area contributed by atoms with Crippen LogP contribution in [0.2, 0.25) is 0 Å². The zero-order valence-electron chi connectivity index (χ0n) is 7.30. The molecule has 0 aliphatic rings. The van der Waals surface area contributed by atoms with Crippen LogP contribution in [-0.4, -0.2) is 12.1 Å². The van der Waals surface area contributed by atoms with Crippen LogP contribution in [0, 0.1) is 0 Å². The first-order chi connectivity index (χ1) is 5.20. The van der Waals surface area contributed by atoms with Gasteiger partial charge in [-0.2, -0.15) is 0 Å². The molecule has 0 N–H and O–H groups in total. The van der Waals surface area contributed by atoms with E-state index in [2.05, 4.69) is 13.5 Å². The summed E-state index contributed by atoms with van der Waals surface area (Å²) in [7, 11) is 0. The Morgan fingerprint density at radius 3 is 2.73 bits per heavy atom. The van der Waals surface area contributed by atoms with E-state index in [-0.39, 0.29) is 12.1 Å². The maximum Gasteiger partial charge on any atom is 0.303 e. The van der Waals surface area contributed by atoms with Crippen molar-refractivity contribution in [2.45, 2.75) is 39.2 Å². The molecule has 0 amide bonds. The zero-order chi connectivity index (χ0) is 8.69. The molecule has 0 heterocycles. The van der Waals surface area contributed by atoms with Crippen LogP contribution in [0.3, 0.4) is 0 Å². The topological polar surface area (TPSA) is 26.3 Å². The van der Waals surface area contributed by atoms with E-state index in [1.807, 2.05) is 0 Å². The lowest BCUT2D eigenvalue weighted by Crippen LogP contribution is -2.12. The number of carbonyl (C=O) groups is 1. The lowest BCUT2D eigenvalue weighted by atomic mass is 10.1. The van der Waals surface area contributed by atoms with Gasteiger partial charge < -0.3 is 4.74 Å². The SMILES string of the molecule is C=C[C@H](CCCC)OC(C)=O. The lowest BCUT2D eigenvalue weighted by Gasteiger charge is -2.11. The average molecular weight is 156 g/mol. The standard InChI is InChI=1S/C9H16O2/c1-4-6-7-9(5-2)11-8(3)10/h5,9H,2,4,6-7H2,1,3H3/t9-/m1/s1. The maximum absolute atomic E-state index is 10.5. The van der Waals surface area contributed by atoms with E-state index in [1.54, 1.807) is 6.08 Å². The van der Waals surface area contributed by atoms with E-state index < -0.39 is 0 Å². The number of ether oxygens (including phenoxy) is 1. The van der Waals surface area contributed by atoms with Gasteiger partial charge in [-0.05, 0) is 12.8 Å². The summed E-state index contributed by atoms with van der Waals surface area (Å²) in [5.41, 5.74) is 0. The number of carbonyl (C=O) groups excluding carboxylic acids is 1. The zero-order valence-corrected chi connectivity index (χ0v) is 7.30. The quantitative estimate of drug-likeness (QED) is 0.451. The fourth-order valence-electron chi connectivity index (χ4n) is 0.843. The molecule has 0 saturated carbocycles. The van der Waals surface area contributed by atoms with Crippen molar-refractivity contribution in [2.75, 3.05) is 0 Å². The Morgan fingerprint density at radius 1 is 1.73 bits per heavy atom. The first-order valence-electron chi connectivity index (χ1n) is 4.00. The normalized spacial score (nSPS) is 12.2. The summed E-state index contributed by atoms with van der Waals surface area (Å²) < 4.78 is 4.94. The van der Waals surface area contributed by atoms with Crippen LogP contribution in [0.15, 0.2) is 12.7 Å². The molecule has 0 aromatic heterocycles. The molecule has 0 radical (unpaired) electrons. The highest BCUT2D eigenvalue weighted by molar-refractivity contribution is 5.66. The summed E-state index contributed by atoms with van der Waals surface area (Å²) in [5.74, 6) is -0.231. The third-order valence-electron chi connectivity index (χ3n) is 1.42. The van der Waals surface area contributed by atoms with Crippen molar-refractivity contribution in [1.29, 1.82) is 0 Å². The van der Waals surface area contributed by atoms with Gasteiger partial charge in [0.05, 0.1) is 0 Å². The van der Waals surface area contributed by atoms with Crippen LogP contribution in [0.5, 0.6) is 0 Å². The predicted octanol–water partition coefficient (Wildman–Crippen LogP) is 2.29. The van der Waals surface area contributed by atoms with Gasteiger partial charge in [0.15, 0.2) is 0 Å². The minimum absolute atomic E-state index is 0.0903. The van der Waals surface area contributed by atoms with E-state index >= 15 is 0 Å². The van der Waals surface area contributed by atoms with Crippen molar-refractivity contribution in [1.82, 2.24) is 0 Å². The van der Waals surface area contributed by atoms with Gasteiger partial charge in [0.1, 0.15) is 6.10 Å². The molecule has 0 aromatic carbocycles. The molecule has 0 spiro atoms. The maximum atomic E-state index is 10.5. The predicted molar refractivity (Wildman–Crippen MR) is 45.3 cm³/mol. The molecule has 0 aromatic rings. The second kappa shape index (κ2) is 5.96. The molecule has 0 unspecified atom stereocenters. The third-order valence-corrected chi connectivity index (χ3v) is 1.42. The molecule has 0 aliphatic carbocycles. The Labute approximate surface area is 68.2 Å². The van der Waals surface area contributed by atoms with Crippen molar-refractivity contribution in [3.05, 3.63) is 12.7 Å². The molecular formula is C9H16O2. The molecule has 0 fully saturated rings. The second-order valence-electron chi connectivity index (χ2n) is 2.53. The van der Waals surface area contributed by atoms with Gasteiger partial charge in [0.2, 0.25) is 0 Å². The van der Waals surface area contributed by atoms with Crippen molar-refractivity contribution in [2.24, 2.45) is 0 Å². The lowest BCUT2D eigenvalue weighted by molar-refractivity contribution is -0.144. The van der Waals surface area contributed by atoms with Crippen LogP contribution < -0.4 is 0 Å². The highest BCUT2D eigenvalue weighted by Crippen LogP contribution is 2.05. The molecule has 0 saturated heterocycles. The van der Waals surface area contributed by atoms with Gasteiger partial charge in [-0.3, -0.25) is 4.79 Å². The molecule has 64 valence electrons. The highest BCUT2D eigenvalue weighted by Gasteiger charge is 2.05. The molecule has 0 rings (SSSR count). The summed E-state index contributed by atoms with van der Waals surface area (Å²) in [6.45, 7) is 7.11. The highest BCUT2D eigenvalue weighted by atomic mass is 16.5. The van der Waals surface area contributed by atoms with Gasteiger partial charge >= 0.3 is 5.97 Å². The minimum atomic E-state index is -0.231. The van der Waals surface area contributed by atoms with Crippen LogP contribution >= 0.6 is 0 Å². The molecule has 2 heteroatoms. The van der Waals surface area contributed by atoms with Crippen LogP contribution in [0.25, 0.3) is 0 Å². The summed E-state index contributed by atoms with van der Waals surface area (Å²) in [5, 5.41) is 0. The molecular weight excluding hydrogens is 140 g/mol. The number of hydrogen-bond donors (Lipinski definition) is 0. The van der Waals surface area contributed by atoms with E-state index in [0.29, 0.717) is 0 Å². The minimum Gasteiger partial charge on any atom is -0.458 e. The Hall–Kier alpha value is -0.790. The monoisotopic (exact) mass is 156 g/mol. The number of esters is 1. The Kier molecular flexibility index (Phi) is 5.53. The van der Waals surface area contributed by atoms with Gasteiger partial charge in [-0.25, -0.2) is 0 Å². The van der Waals surface area contributed by atoms with E-state index in [1.165, 1.54) is 6.92 Å². The number of unbranched alkanes of at least 4 members (excludes halogenated alkanes) is 1. The van der Waals surface area contributed by atoms with E-state index in [9.17, 15) is 4.79 Å². The Balaban J connectivity index is 3.57. The van der Waals surface area contributed by atoms with Crippen molar-refractivity contribution in [3.63, 3.8) is 0 Å². The molecule has 1 atom stereocenters. The Bertz CT molecular complexity index is 130. The second-order valence-corrected chi connectivity index (χ2v) is 2.53. The van der Waals surface area contributed by atoms with Crippen molar-refractivity contribution < 1.29 is 9.53 Å². The van der Waals surface area contributed by atoms with Gasteiger partial charge in [0.25, 0.3) is 0 Å². The number of hydrogen-bond acceptors (Lipinski definition) is 2. The first-order valence-corrected chi connectivity index (χ1v) is 4.00. The largest absolute Gasteiger partial charge is 0.458 e. The Morgan fingerprint density at radius 2 is 2.36 bits per heavy atom. The third kappa shape index (κ3) is 5.64. The molecule has 11 heavy (non-hydrogen) atoms. The van der Waals surface area contributed by atoms with Gasteiger partial charge in [0, 0.05) is 6.92 Å². The van der Waals surface area contributed by atoms with Crippen LogP contribution in [-0.2, 0) is 9.53 Å². The van der Waals surface area contributed by atoms with E-state index in [0.717, 1.165) is 19.3 Å². The fraction of sp³-hybridized carbons (Fsp3) is 0.667. The van der Waals surface area contributed by atoms with Crippen molar-refractivity contribution in [3.8, 4) is 0 Å². The molecule has 0 aliphatic heterocycles. The van der Waals surface area contributed by atoms with Gasteiger partial charge in [-0.1, -0.05) is 26.0 Å². The number of rotatable bonds is 5. The molecule has 0 bridgehead atoms. The smallest absolute Gasteiger partial charge is 0.303 e. The molecule has 2 nitrogen and oxygen atoms in total. The summed E-state index contributed by atoms with van der Waals surface area (Å²) in [6.07, 6.45) is 4.67. The average Bonchev–Trinajstić information content (AvgIpc) is 1.97. The summed E-state index contributed by atoms with van der Waals surface area (Å²) in [4.78, 5) is 10.5. The first kappa shape index (κ1) is 10.2. The van der Waals surface area contributed by atoms with Gasteiger partial charge in [-0.15, -0.1) is 0 Å². The van der Waals surface area contributed by atoms with Crippen molar-refractivity contribution >= 4 is 5.97 Å². The van der Waals surface area contributed by atoms with Crippen LogP contribution in [0.4, 0.5) is 0 Å². The summed E-state index contributed by atoms with van der Waals surface area (Å²) >= 11 is 0. The van der Waals surface area contributed by atoms with Crippen LogP contribution in [0.1, 0.15) is 33.1 Å². The summed E-state index contributed by atoms with van der Waals surface area (Å²) in [6, 6.07) is 0. The fourth-order valence-corrected chi connectivity index (χ4v) is 0.843.